The second-order valence-corrected chi connectivity index (χ2v) is 6.02. The zero-order valence-electron chi connectivity index (χ0n) is 11.0. The Morgan fingerprint density at radius 1 is 1.40 bits per heavy atom. The van der Waals surface area contributed by atoms with E-state index >= 15 is 0 Å². The SMILES string of the molecule is Cc1cc(NC(=O)c2cc(Br)cn2C2CC2)ccc1F. The molecule has 1 fully saturated rings. The third kappa shape index (κ3) is 2.63. The van der Waals surface area contributed by atoms with Gasteiger partial charge in [0.05, 0.1) is 0 Å². The van der Waals surface area contributed by atoms with Crippen LogP contribution in [0, 0.1) is 12.7 Å². The molecule has 0 radical (unpaired) electrons. The quantitative estimate of drug-likeness (QED) is 0.891. The van der Waals surface area contributed by atoms with Crippen LogP contribution in [0.25, 0.3) is 0 Å². The Hall–Kier alpha value is -1.62. The topological polar surface area (TPSA) is 34.0 Å². The average Bonchev–Trinajstić information content (AvgIpc) is 3.17. The van der Waals surface area contributed by atoms with Crippen LogP contribution < -0.4 is 5.32 Å². The normalized spacial score (nSPS) is 14.3. The number of hydrogen-bond donors (Lipinski definition) is 1. The van der Waals surface area contributed by atoms with Crippen molar-refractivity contribution in [3.63, 3.8) is 0 Å². The third-order valence-electron chi connectivity index (χ3n) is 3.40. The monoisotopic (exact) mass is 336 g/mol. The Bertz CT molecular complexity index is 677. The van der Waals surface area contributed by atoms with E-state index < -0.39 is 0 Å². The molecular weight excluding hydrogens is 323 g/mol. The maximum absolute atomic E-state index is 13.2. The van der Waals surface area contributed by atoms with E-state index in [-0.39, 0.29) is 11.7 Å². The van der Waals surface area contributed by atoms with Gasteiger partial charge in [-0.1, -0.05) is 0 Å². The molecule has 1 heterocycles. The number of anilines is 1. The van der Waals surface area contributed by atoms with Gasteiger partial charge in [-0.15, -0.1) is 0 Å². The molecule has 20 heavy (non-hydrogen) atoms. The summed E-state index contributed by atoms with van der Waals surface area (Å²) < 4.78 is 16.1. The van der Waals surface area contributed by atoms with E-state index in [0.29, 0.717) is 23.0 Å². The Morgan fingerprint density at radius 3 is 2.80 bits per heavy atom. The lowest BCUT2D eigenvalue weighted by Gasteiger charge is -2.09. The number of benzene rings is 1. The number of amides is 1. The highest BCUT2D eigenvalue weighted by molar-refractivity contribution is 9.10. The van der Waals surface area contributed by atoms with E-state index in [1.54, 1.807) is 19.1 Å². The van der Waals surface area contributed by atoms with Crippen LogP contribution in [-0.4, -0.2) is 10.5 Å². The van der Waals surface area contributed by atoms with Gasteiger partial charge in [-0.25, -0.2) is 4.39 Å². The molecule has 3 nitrogen and oxygen atoms in total. The first kappa shape index (κ1) is 13.4. The highest BCUT2D eigenvalue weighted by Gasteiger charge is 2.27. The van der Waals surface area contributed by atoms with Crippen molar-refractivity contribution in [3.8, 4) is 0 Å². The highest BCUT2D eigenvalue weighted by atomic mass is 79.9. The fraction of sp³-hybridized carbons (Fsp3) is 0.267. The molecule has 5 heteroatoms. The summed E-state index contributed by atoms with van der Waals surface area (Å²) >= 11 is 3.40. The van der Waals surface area contributed by atoms with Gasteiger partial charge in [-0.2, -0.15) is 0 Å². The van der Waals surface area contributed by atoms with Crippen molar-refractivity contribution >= 4 is 27.5 Å². The van der Waals surface area contributed by atoms with Crippen molar-refractivity contribution in [3.05, 3.63) is 52.0 Å². The highest BCUT2D eigenvalue weighted by Crippen LogP contribution is 2.37. The fourth-order valence-corrected chi connectivity index (χ4v) is 2.64. The lowest BCUT2D eigenvalue weighted by Crippen LogP contribution is -2.16. The number of carbonyl (C=O) groups is 1. The van der Waals surface area contributed by atoms with Crippen LogP contribution in [0.15, 0.2) is 34.9 Å². The molecule has 1 aliphatic carbocycles. The average molecular weight is 337 g/mol. The number of aryl methyl sites for hydroxylation is 1. The van der Waals surface area contributed by atoms with Gasteiger partial charge in [-0.3, -0.25) is 4.79 Å². The van der Waals surface area contributed by atoms with Gasteiger partial charge in [0, 0.05) is 22.4 Å². The lowest BCUT2D eigenvalue weighted by atomic mass is 10.2. The van der Waals surface area contributed by atoms with Crippen molar-refractivity contribution in [2.75, 3.05) is 5.32 Å². The zero-order valence-corrected chi connectivity index (χ0v) is 12.6. The molecule has 1 aromatic heterocycles. The summed E-state index contributed by atoms with van der Waals surface area (Å²) in [5.74, 6) is -0.444. The van der Waals surface area contributed by atoms with Crippen molar-refractivity contribution in [2.45, 2.75) is 25.8 Å². The number of nitrogens with zero attached hydrogens (tertiary/aromatic N) is 1. The Kier molecular flexibility index (Phi) is 3.38. The standard InChI is InChI=1S/C15H14BrFN2O/c1-9-6-11(2-5-13(9)17)18-15(20)14-7-10(16)8-19(14)12-3-4-12/h2,5-8,12H,3-4H2,1H3,(H,18,20). The molecule has 104 valence electrons. The van der Waals surface area contributed by atoms with Crippen LogP contribution in [0.2, 0.25) is 0 Å². The van der Waals surface area contributed by atoms with Gasteiger partial charge in [0.1, 0.15) is 11.5 Å². The fourth-order valence-electron chi connectivity index (χ4n) is 2.20. The van der Waals surface area contributed by atoms with Crippen molar-refractivity contribution in [1.82, 2.24) is 4.57 Å². The molecule has 1 amide bonds. The number of halogens is 2. The summed E-state index contributed by atoms with van der Waals surface area (Å²) in [6, 6.07) is 6.80. The van der Waals surface area contributed by atoms with Crippen molar-refractivity contribution in [1.29, 1.82) is 0 Å². The van der Waals surface area contributed by atoms with E-state index in [0.717, 1.165) is 17.3 Å². The van der Waals surface area contributed by atoms with Crippen LogP contribution in [0.4, 0.5) is 10.1 Å². The number of nitrogens with one attached hydrogen (secondary N) is 1. The number of carbonyl (C=O) groups excluding carboxylic acids is 1. The Morgan fingerprint density at radius 2 is 2.15 bits per heavy atom. The summed E-state index contributed by atoms with van der Waals surface area (Å²) in [6.07, 6.45) is 4.15. The second kappa shape index (κ2) is 5.05. The van der Waals surface area contributed by atoms with E-state index in [9.17, 15) is 9.18 Å². The van der Waals surface area contributed by atoms with Gasteiger partial charge >= 0.3 is 0 Å². The van der Waals surface area contributed by atoms with Gasteiger partial charge in [0.2, 0.25) is 0 Å². The van der Waals surface area contributed by atoms with Crippen LogP contribution in [-0.2, 0) is 0 Å². The van der Waals surface area contributed by atoms with Crippen molar-refractivity contribution in [2.24, 2.45) is 0 Å². The summed E-state index contributed by atoms with van der Waals surface area (Å²) in [5.41, 5.74) is 1.75. The predicted molar refractivity (Wildman–Crippen MR) is 79.5 cm³/mol. The minimum atomic E-state index is -0.271. The largest absolute Gasteiger partial charge is 0.339 e. The maximum Gasteiger partial charge on any atom is 0.272 e. The molecule has 1 saturated carbocycles. The molecule has 0 bridgehead atoms. The smallest absolute Gasteiger partial charge is 0.272 e. The predicted octanol–water partition coefficient (Wildman–Crippen LogP) is 4.29. The lowest BCUT2D eigenvalue weighted by molar-refractivity contribution is 0.101. The van der Waals surface area contributed by atoms with Crippen LogP contribution in [0.1, 0.15) is 34.9 Å². The van der Waals surface area contributed by atoms with E-state index in [4.69, 9.17) is 0 Å². The summed E-state index contributed by atoms with van der Waals surface area (Å²) in [5, 5.41) is 2.82. The molecule has 1 N–H and O–H groups in total. The first-order valence-electron chi connectivity index (χ1n) is 6.49. The first-order valence-corrected chi connectivity index (χ1v) is 7.29. The molecule has 0 saturated heterocycles. The summed E-state index contributed by atoms with van der Waals surface area (Å²) in [7, 11) is 0. The van der Waals surface area contributed by atoms with E-state index in [2.05, 4.69) is 21.2 Å². The number of hydrogen-bond acceptors (Lipinski definition) is 1. The summed E-state index contributed by atoms with van der Waals surface area (Å²) in [4.78, 5) is 12.3. The van der Waals surface area contributed by atoms with Gasteiger partial charge in [0.15, 0.2) is 0 Å². The molecular formula is C15H14BrFN2O. The van der Waals surface area contributed by atoms with E-state index in [1.807, 2.05) is 16.8 Å². The molecule has 0 atom stereocenters. The van der Waals surface area contributed by atoms with Gasteiger partial charge in [-0.05, 0) is 65.5 Å². The van der Waals surface area contributed by atoms with Crippen LogP contribution in [0.5, 0.6) is 0 Å². The molecule has 0 aliphatic heterocycles. The summed E-state index contributed by atoms with van der Waals surface area (Å²) in [6.45, 7) is 1.68. The molecule has 0 spiro atoms. The molecule has 1 aliphatic rings. The molecule has 0 unspecified atom stereocenters. The Labute approximate surface area is 124 Å². The zero-order chi connectivity index (χ0) is 14.3. The first-order chi connectivity index (χ1) is 9.54. The van der Waals surface area contributed by atoms with E-state index in [1.165, 1.54) is 6.07 Å². The molecule has 1 aromatic carbocycles. The van der Waals surface area contributed by atoms with Crippen molar-refractivity contribution < 1.29 is 9.18 Å². The second-order valence-electron chi connectivity index (χ2n) is 5.10. The van der Waals surface area contributed by atoms with Gasteiger partial charge in [0.25, 0.3) is 5.91 Å². The molecule has 3 rings (SSSR count). The molecule has 2 aromatic rings. The van der Waals surface area contributed by atoms with Crippen LogP contribution >= 0.6 is 15.9 Å². The minimum Gasteiger partial charge on any atom is -0.339 e. The number of aromatic nitrogens is 1. The van der Waals surface area contributed by atoms with Crippen LogP contribution in [0.3, 0.4) is 0 Å². The van der Waals surface area contributed by atoms with Gasteiger partial charge < -0.3 is 9.88 Å². The Balaban J connectivity index is 1.84. The third-order valence-corrected chi connectivity index (χ3v) is 3.84. The minimum absolute atomic E-state index is 0.173. The maximum atomic E-state index is 13.2. The number of rotatable bonds is 3.